The fourth-order valence-corrected chi connectivity index (χ4v) is 5.41. The molecule has 0 rings (SSSR count). The Morgan fingerprint density at radius 2 is 0.750 bits per heavy atom. The van der Waals surface area contributed by atoms with E-state index in [-0.39, 0.29) is 11.0 Å². The van der Waals surface area contributed by atoms with E-state index >= 15 is 0 Å². The number of alkyl halides is 1. The highest BCUT2D eigenvalue weighted by atomic mass is 35.5. The van der Waals surface area contributed by atoms with E-state index in [1.165, 1.54) is 154 Å². The van der Waals surface area contributed by atoms with E-state index in [1.807, 2.05) is 0 Å². The molecule has 0 aliphatic rings. The van der Waals surface area contributed by atoms with Gasteiger partial charge in [-0.05, 0) is 25.2 Å². The predicted octanol–water partition coefficient (Wildman–Crippen LogP) is 12.2. The number of rotatable bonds is 25. The Bertz CT molecular complexity index is 326. The van der Waals surface area contributed by atoms with Crippen LogP contribution in [-0.2, 0) is 0 Å². The summed E-state index contributed by atoms with van der Waals surface area (Å²) in [6.07, 6.45) is 33.2. The summed E-state index contributed by atoms with van der Waals surface area (Å²) >= 11 is 7.40. The molecule has 3 N–H and O–H groups in total. The first kappa shape index (κ1) is 34.4. The van der Waals surface area contributed by atoms with Crippen molar-refractivity contribution in [2.24, 2.45) is 5.92 Å². The van der Waals surface area contributed by atoms with Crippen molar-refractivity contribution in [3.05, 3.63) is 0 Å². The van der Waals surface area contributed by atoms with Crippen molar-refractivity contribution in [1.29, 1.82) is 0 Å². The van der Waals surface area contributed by atoms with Crippen LogP contribution in [0.4, 0.5) is 0 Å². The third kappa shape index (κ3) is 20.8. The van der Waals surface area contributed by atoms with Gasteiger partial charge in [0.2, 0.25) is 0 Å². The van der Waals surface area contributed by atoms with Crippen LogP contribution in [0.1, 0.15) is 182 Å². The van der Waals surface area contributed by atoms with Crippen LogP contribution in [-0.4, -0.2) is 4.87 Å². The zero-order valence-electron chi connectivity index (χ0n) is 23.1. The molecule has 0 aromatic heterocycles. The van der Waals surface area contributed by atoms with Gasteiger partial charge in [0.1, 0.15) is 0 Å². The van der Waals surface area contributed by atoms with Gasteiger partial charge in [-0.1, -0.05) is 163 Å². The third-order valence-electron chi connectivity index (χ3n) is 7.52. The number of hydrogen-bond acceptors (Lipinski definition) is 1. The average Bonchev–Trinajstić information content (AvgIpc) is 2.77. The lowest BCUT2D eigenvalue weighted by Gasteiger charge is -2.34. The molecule has 0 fully saturated rings. The molecule has 0 saturated carbocycles. The van der Waals surface area contributed by atoms with E-state index < -0.39 is 0 Å². The molecule has 0 aromatic rings. The molecule has 0 aromatic carbocycles. The maximum absolute atomic E-state index is 7.40. The molecule has 0 saturated heterocycles. The van der Waals surface area contributed by atoms with E-state index in [4.69, 9.17) is 11.6 Å². The first-order valence-corrected chi connectivity index (χ1v) is 15.2. The zero-order valence-corrected chi connectivity index (χ0v) is 23.9. The summed E-state index contributed by atoms with van der Waals surface area (Å²) in [5.74, 6) is 0.671. The molecule has 32 heavy (non-hydrogen) atoms. The molecule has 196 valence electrons. The van der Waals surface area contributed by atoms with Gasteiger partial charge in [-0.25, -0.2) is 0 Å². The summed E-state index contributed by atoms with van der Waals surface area (Å²) in [5, 5.41) is 0. The lowest BCUT2D eigenvalue weighted by Crippen LogP contribution is -2.30. The van der Waals surface area contributed by atoms with Gasteiger partial charge in [0.25, 0.3) is 0 Å². The molecule has 0 bridgehead atoms. The minimum absolute atomic E-state index is 0. The highest BCUT2D eigenvalue weighted by Crippen LogP contribution is 2.39. The van der Waals surface area contributed by atoms with Crippen LogP contribution < -0.4 is 6.15 Å². The average molecular weight is 474 g/mol. The topological polar surface area (TPSA) is 35.0 Å². The summed E-state index contributed by atoms with van der Waals surface area (Å²) in [5.41, 5.74) is 0. The molecular formula is C30H64ClN. The molecule has 2 heteroatoms. The van der Waals surface area contributed by atoms with Crippen LogP contribution in [0.5, 0.6) is 0 Å². The lowest BCUT2D eigenvalue weighted by molar-refractivity contribution is 0.304. The second-order valence-electron chi connectivity index (χ2n) is 10.6. The largest absolute Gasteiger partial charge is 0.344 e. The number of halogens is 1. The van der Waals surface area contributed by atoms with Crippen LogP contribution in [0.3, 0.4) is 0 Å². The second-order valence-corrected chi connectivity index (χ2v) is 11.3. The Morgan fingerprint density at radius 1 is 0.469 bits per heavy atom. The van der Waals surface area contributed by atoms with Crippen LogP contribution >= 0.6 is 11.6 Å². The summed E-state index contributed by atoms with van der Waals surface area (Å²) in [6, 6.07) is 0. The SMILES string of the molecule is CCCCCCCCCC(C)C(Cl)(CCCCCCCCC)CCCCCCCCC.N. The van der Waals surface area contributed by atoms with Crippen molar-refractivity contribution in [1.82, 2.24) is 6.15 Å². The molecule has 0 amide bonds. The minimum Gasteiger partial charge on any atom is -0.344 e. The molecule has 1 atom stereocenters. The molecule has 0 spiro atoms. The Kier molecular flexibility index (Phi) is 27.8. The van der Waals surface area contributed by atoms with Crippen LogP contribution in [0.15, 0.2) is 0 Å². The molecule has 0 aliphatic heterocycles. The first-order valence-electron chi connectivity index (χ1n) is 14.8. The highest BCUT2D eigenvalue weighted by Gasteiger charge is 2.32. The zero-order chi connectivity index (χ0) is 23.0. The standard InChI is InChI=1S/C30H61Cl.H3N/c1-5-8-11-14-17-20-23-26-29(4)30(31,27-24-21-18-15-12-9-6-2)28-25-22-19-16-13-10-7-3;/h29H,5-28H2,1-4H3;1H3. The quantitative estimate of drug-likeness (QED) is 0.104. The van der Waals surface area contributed by atoms with Gasteiger partial charge in [0.05, 0.1) is 0 Å². The summed E-state index contributed by atoms with van der Waals surface area (Å²) in [7, 11) is 0. The molecule has 1 unspecified atom stereocenters. The summed E-state index contributed by atoms with van der Waals surface area (Å²) in [4.78, 5) is 0.0645. The van der Waals surface area contributed by atoms with Gasteiger partial charge >= 0.3 is 0 Å². The monoisotopic (exact) mass is 473 g/mol. The third-order valence-corrected chi connectivity index (χ3v) is 8.27. The van der Waals surface area contributed by atoms with Crippen LogP contribution in [0.2, 0.25) is 0 Å². The minimum atomic E-state index is 0. The smallest absolute Gasteiger partial charge is 0.0472 e. The fourth-order valence-electron chi connectivity index (χ4n) is 5.04. The van der Waals surface area contributed by atoms with Gasteiger partial charge in [-0.3, -0.25) is 0 Å². The Balaban J connectivity index is 0. The fraction of sp³-hybridized carbons (Fsp3) is 1.00. The van der Waals surface area contributed by atoms with Crippen molar-refractivity contribution in [2.75, 3.05) is 0 Å². The highest BCUT2D eigenvalue weighted by molar-refractivity contribution is 6.24. The van der Waals surface area contributed by atoms with Gasteiger partial charge in [0.15, 0.2) is 0 Å². The van der Waals surface area contributed by atoms with Crippen LogP contribution in [0.25, 0.3) is 0 Å². The van der Waals surface area contributed by atoms with Crippen molar-refractivity contribution in [3.63, 3.8) is 0 Å². The molecule has 0 aliphatic carbocycles. The maximum atomic E-state index is 7.40. The Hall–Kier alpha value is 0.250. The van der Waals surface area contributed by atoms with Crippen molar-refractivity contribution in [3.8, 4) is 0 Å². The number of hydrogen-bond donors (Lipinski definition) is 1. The van der Waals surface area contributed by atoms with Crippen molar-refractivity contribution in [2.45, 2.75) is 187 Å². The first-order chi connectivity index (χ1) is 15.1. The predicted molar refractivity (Wildman–Crippen MR) is 151 cm³/mol. The van der Waals surface area contributed by atoms with E-state index in [0.717, 1.165) is 0 Å². The molecule has 0 heterocycles. The van der Waals surface area contributed by atoms with Crippen molar-refractivity contribution < 1.29 is 0 Å². The molecule has 1 nitrogen and oxygen atoms in total. The maximum Gasteiger partial charge on any atom is 0.0472 e. The van der Waals surface area contributed by atoms with E-state index in [9.17, 15) is 0 Å². The summed E-state index contributed by atoms with van der Waals surface area (Å²) in [6.45, 7) is 9.38. The van der Waals surface area contributed by atoms with E-state index in [2.05, 4.69) is 27.7 Å². The van der Waals surface area contributed by atoms with Gasteiger partial charge in [0, 0.05) is 4.87 Å². The van der Waals surface area contributed by atoms with E-state index in [1.54, 1.807) is 0 Å². The molecular weight excluding hydrogens is 410 g/mol. The van der Waals surface area contributed by atoms with Gasteiger partial charge < -0.3 is 6.15 Å². The van der Waals surface area contributed by atoms with Crippen LogP contribution in [0, 0.1) is 5.92 Å². The lowest BCUT2D eigenvalue weighted by atomic mass is 9.81. The Labute approximate surface area is 210 Å². The molecule has 0 radical (unpaired) electrons. The van der Waals surface area contributed by atoms with Crippen molar-refractivity contribution >= 4 is 11.6 Å². The number of unbranched alkanes of at least 4 members (excludes halogenated alkanes) is 18. The second kappa shape index (κ2) is 25.9. The summed E-state index contributed by atoms with van der Waals surface area (Å²) < 4.78 is 0. The Morgan fingerprint density at radius 3 is 1.09 bits per heavy atom. The van der Waals surface area contributed by atoms with Gasteiger partial charge in [-0.15, -0.1) is 11.6 Å². The van der Waals surface area contributed by atoms with Gasteiger partial charge in [-0.2, -0.15) is 0 Å². The van der Waals surface area contributed by atoms with E-state index in [0.29, 0.717) is 5.92 Å². The normalized spacial score (nSPS) is 12.7.